The Morgan fingerprint density at radius 1 is 0.676 bits per heavy atom. The Morgan fingerprint density at radius 3 is 1.24 bits per heavy atom. The molecule has 0 fully saturated rings. The number of alkyl halides is 13. The highest BCUT2D eigenvalue weighted by molar-refractivity contribution is 7.59. The van der Waals surface area contributed by atoms with Crippen molar-refractivity contribution in [3.05, 3.63) is 0 Å². The van der Waals surface area contributed by atoms with Gasteiger partial charge >= 0.3 is 40.4 Å². The standard InChI is InChI=1S/C11H11F13O2.4CH4.O3S/c1-6(14,15)9(18,19)10(20,21)7(2,16)26-4-8(17,11(22,23)24)25-3-5(12)13;;;;;1-4(2)3/h5H,3-4H2,1-2H3;4*1H4;. The van der Waals surface area contributed by atoms with Crippen LogP contribution in [0.1, 0.15) is 43.6 Å². The van der Waals surface area contributed by atoms with Crippen LogP contribution in [0.25, 0.3) is 0 Å². The molecular weight excluding hydrogens is 539 g/mol. The molecule has 0 amide bonds. The maximum absolute atomic E-state index is 13.7. The molecule has 0 saturated carbocycles. The van der Waals surface area contributed by atoms with E-state index in [-0.39, 0.29) is 29.7 Å². The van der Waals surface area contributed by atoms with Crippen molar-refractivity contribution in [2.24, 2.45) is 0 Å². The summed E-state index contributed by atoms with van der Waals surface area (Å²) in [5, 5.41) is 0. The molecule has 0 aliphatic heterocycles. The number of halogens is 13. The van der Waals surface area contributed by atoms with Crippen LogP contribution in [0.5, 0.6) is 0 Å². The van der Waals surface area contributed by atoms with Gasteiger partial charge in [0.05, 0.1) is 0 Å². The van der Waals surface area contributed by atoms with Gasteiger partial charge in [0.2, 0.25) is 0 Å². The highest BCUT2D eigenvalue weighted by atomic mass is 32.2. The van der Waals surface area contributed by atoms with E-state index < -0.39 is 79.7 Å². The van der Waals surface area contributed by atoms with Crippen molar-refractivity contribution in [3.8, 4) is 0 Å². The molecule has 0 saturated heterocycles. The molecule has 2 atom stereocenters. The number of hydrogen-bond donors (Lipinski definition) is 0. The number of hydrogen-bond acceptors (Lipinski definition) is 5. The van der Waals surface area contributed by atoms with Gasteiger partial charge < -0.3 is 9.47 Å². The lowest BCUT2D eigenvalue weighted by molar-refractivity contribution is -0.407. The van der Waals surface area contributed by atoms with Gasteiger partial charge in [-0.2, -0.15) is 43.9 Å². The summed E-state index contributed by atoms with van der Waals surface area (Å²) in [5.41, 5.74) is 0. The number of rotatable bonds is 9. The second-order valence-corrected chi connectivity index (χ2v) is 5.78. The maximum Gasteiger partial charge on any atom is 0.450 e. The van der Waals surface area contributed by atoms with E-state index >= 15 is 0 Å². The average Bonchev–Trinajstić information content (AvgIpc) is 2.47. The average molecular weight is 566 g/mol. The van der Waals surface area contributed by atoms with E-state index in [1.807, 2.05) is 0 Å². The van der Waals surface area contributed by atoms with E-state index in [1.54, 1.807) is 0 Å². The Hall–Kier alpha value is -1.37. The first kappa shape index (κ1) is 46.0. The highest BCUT2D eigenvalue weighted by Crippen LogP contribution is 2.52. The van der Waals surface area contributed by atoms with Crippen LogP contribution in [-0.4, -0.2) is 67.9 Å². The minimum absolute atomic E-state index is 0. The third-order valence-electron chi connectivity index (χ3n) is 2.90. The first-order valence-electron chi connectivity index (χ1n) is 6.76. The summed E-state index contributed by atoms with van der Waals surface area (Å²) in [6.07, 6.45) is -9.93. The van der Waals surface area contributed by atoms with Crippen LogP contribution in [0.15, 0.2) is 0 Å². The fourth-order valence-corrected chi connectivity index (χ4v) is 1.28. The van der Waals surface area contributed by atoms with Crippen molar-refractivity contribution >= 4 is 10.6 Å². The molecule has 0 bridgehead atoms. The quantitative estimate of drug-likeness (QED) is 0.292. The topological polar surface area (TPSA) is 69.7 Å². The van der Waals surface area contributed by atoms with E-state index in [2.05, 4.69) is 9.47 Å². The molecule has 214 valence electrons. The molecule has 0 aliphatic rings. The van der Waals surface area contributed by atoms with Crippen LogP contribution < -0.4 is 0 Å². The molecule has 0 spiro atoms. The summed E-state index contributed by atoms with van der Waals surface area (Å²) in [7, 11) is -3.11. The molecule has 19 heteroatoms. The van der Waals surface area contributed by atoms with Crippen molar-refractivity contribution in [2.45, 2.75) is 85.6 Å². The summed E-state index contributed by atoms with van der Waals surface area (Å²) >= 11 is 0. The minimum atomic E-state index is -6.47. The van der Waals surface area contributed by atoms with Crippen molar-refractivity contribution < 1.29 is 79.2 Å². The van der Waals surface area contributed by atoms with Gasteiger partial charge in [0.15, 0.2) is 0 Å². The second kappa shape index (κ2) is 14.9. The second-order valence-electron chi connectivity index (χ2n) is 5.38. The van der Waals surface area contributed by atoms with E-state index in [1.165, 1.54) is 0 Å². The monoisotopic (exact) mass is 566 g/mol. The van der Waals surface area contributed by atoms with Crippen molar-refractivity contribution in [3.63, 3.8) is 0 Å². The van der Waals surface area contributed by atoms with E-state index in [0.29, 0.717) is 0 Å². The predicted molar refractivity (Wildman–Crippen MR) is 94.5 cm³/mol. The van der Waals surface area contributed by atoms with Gasteiger partial charge in [-0.15, -0.1) is 12.6 Å². The molecule has 0 radical (unpaired) electrons. The summed E-state index contributed by atoms with van der Waals surface area (Å²) in [4.78, 5) is 0. The van der Waals surface area contributed by atoms with Gasteiger partial charge in [-0.25, -0.2) is 13.2 Å². The lowest BCUT2D eigenvalue weighted by atomic mass is 9.99. The van der Waals surface area contributed by atoms with E-state index in [4.69, 9.17) is 12.6 Å². The Kier molecular flexibility index (Phi) is 20.2. The molecule has 2 unspecified atom stereocenters. The maximum atomic E-state index is 13.7. The lowest BCUT2D eigenvalue weighted by Crippen LogP contribution is -2.63. The normalized spacial score (nSPS) is 15.5. The molecule has 0 aromatic rings. The molecular formula is C15H27F13O5S. The fraction of sp³-hybridized carbons (Fsp3) is 1.00. The summed E-state index contributed by atoms with van der Waals surface area (Å²) in [6, 6.07) is 0. The zero-order valence-electron chi connectivity index (χ0n) is 14.4. The van der Waals surface area contributed by atoms with Crippen LogP contribution in [0.2, 0.25) is 0 Å². The van der Waals surface area contributed by atoms with Gasteiger partial charge in [-0.3, -0.25) is 0 Å². The smallest absolute Gasteiger partial charge is 0.335 e. The molecule has 0 aromatic heterocycles. The third-order valence-corrected chi connectivity index (χ3v) is 2.90. The third kappa shape index (κ3) is 11.9. The van der Waals surface area contributed by atoms with E-state index in [0.717, 1.165) is 0 Å². The van der Waals surface area contributed by atoms with Crippen LogP contribution in [0.3, 0.4) is 0 Å². The van der Waals surface area contributed by atoms with Crippen LogP contribution in [0.4, 0.5) is 57.1 Å². The Labute approximate surface area is 189 Å². The van der Waals surface area contributed by atoms with Crippen molar-refractivity contribution in [2.75, 3.05) is 13.2 Å². The van der Waals surface area contributed by atoms with E-state index in [9.17, 15) is 57.1 Å². The predicted octanol–water partition coefficient (Wildman–Crippen LogP) is 6.66. The SMILES string of the molecule is C.C.C.C.CC(F)(F)C(F)(F)C(F)(F)C(C)(F)OCC(F)(OCC(F)F)C(F)(F)F.O=S(=O)=O. The van der Waals surface area contributed by atoms with Crippen molar-refractivity contribution in [1.82, 2.24) is 0 Å². The molecule has 0 aromatic carbocycles. The summed E-state index contributed by atoms with van der Waals surface area (Å²) in [6.45, 7) is -6.62. The molecule has 0 heterocycles. The first-order valence-corrected chi connectivity index (χ1v) is 7.76. The summed E-state index contributed by atoms with van der Waals surface area (Å²) in [5.74, 6) is -29.1. The molecule has 0 N–H and O–H groups in total. The fourth-order valence-electron chi connectivity index (χ4n) is 1.28. The molecule has 0 rings (SSSR count). The van der Waals surface area contributed by atoms with Crippen LogP contribution in [0, 0.1) is 0 Å². The Morgan fingerprint density at radius 2 is 1.00 bits per heavy atom. The first-order chi connectivity index (χ1) is 12.9. The lowest BCUT2D eigenvalue weighted by Gasteiger charge is -2.38. The Bertz CT molecular complexity index is 653. The zero-order chi connectivity index (χ0) is 25.0. The van der Waals surface area contributed by atoms with Crippen LogP contribution in [-0.2, 0) is 20.1 Å². The van der Waals surface area contributed by atoms with Gasteiger partial charge in [0.25, 0.3) is 12.3 Å². The molecule has 5 nitrogen and oxygen atoms in total. The van der Waals surface area contributed by atoms with Crippen LogP contribution >= 0.6 is 0 Å². The zero-order valence-corrected chi connectivity index (χ0v) is 15.2. The summed E-state index contributed by atoms with van der Waals surface area (Å²) < 4.78 is 198. The van der Waals surface area contributed by atoms with Gasteiger partial charge in [-0.05, 0) is 0 Å². The van der Waals surface area contributed by atoms with Crippen molar-refractivity contribution in [1.29, 1.82) is 0 Å². The minimum Gasteiger partial charge on any atom is -0.335 e. The highest BCUT2D eigenvalue weighted by Gasteiger charge is 2.78. The molecule has 34 heavy (non-hydrogen) atoms. The van der Waals surface area contributed by atoms with Gasteiger partial charge in [-0.1, -0.05) is 29.7 Å². The molecule has 0 aliphatic carbocycles. The van der Waals surface area contributed by atoms with Gasteiger partial charge in [0.1, 0.15) is 13.2 Å². The number of ether oxygens (including phenoxy) is 2. The largest absolute Gasteiger partial charge is 0.450 e. The van der Waals surface area contributed by atoms with Gasteiger partial charge in [0, 0.05) is 13.8 Å². The Balaban J connectivity index is -0.000000226.